The van der Waals surface area contributed by atoms with Gasteiger partial charge in [-0.3, -0.25) is 0 Å². The maximum atomic E-state index is 5.15. The van der Waals surface area contributed by atoms with Crippen LogP contribution < -0.4 is 10.6 Å². The molecule has 0 radical (unpaired) electrons. The molecule has 2 N–H and O–H groups in total. The Hall–Kier alpha value is -0.720. The number of hydrogen-bond acceptors (Lipinski definition) is 4. The largest absolute Gasteiger partial charge is 0.385 e. The summed E-state index contributed by atoms with van der Waals surface area (Å²) in [6.45, 7) is 4.41. The Labute approximate surface area is 112 Å². The van der Waals surface area contributed by atoms with E-state index in [1.165, 1.54) is 4.88 Å². The van der Waals surface area contributed by atoms with Gasteiger partial charge in [-0.1, -0.05) is 6.92 Å². The monoisotopic (exact) mass is 273 g/mol. The SMILES string of the molecule is CCc1cnc(CNC(=S)NCCCOC)s1. The average Bonchev–Trinajstić information content (AvgIpc) is 2.80. The molecule has 0 aliphatic carbocycles. The number of aryl methyl sites for hydroxylation is 1. The van der Waals surface area contributed by atoms with E-state index in [2.05, 4.69) is 22.5 Å². The van der Waals surface area contributed by atoms with Gasteiger partial charge in [0.2, 0.25) is 0 Å². The van der Waals surface area contributed by atoms with Gasteiger partial charge in [0.25, 0.3) is 0 Å². The van der Waals surface area contributed by atoms with Crippen LogP contribution in [-0.2, 0) is 17.7 Å². The molecular weight excluding hydrogens is 254 g/mol. The highest BCUT2D eigenvalue weighted by Crippen LogP contribution is 2.12. The second kappa shape index (κ2) is 8.38. The molecule has 1 aromatic heterocycles. The van der Waals surface area contributed by atoms with Crippen LogP contribution in [-0.4, -0.2) is 30.4 Å². The van der Waals surface area contributed by atoms with Crippen LogP contribution in [0.25, 0.3) is 0 Å². The van der Waals surface area contributed by atoms with Crippen molar-refractivity contribution >= 4 is 28.7 Å². The molecule has 4 nitrogen and oxygen atoms in total. The van der Waals surface area contributed by atoms with Gasteiger partial charge in [-0.05, 0) is 25.1 Å². The van der Waals surface area contributed by atoms with Gasteiger partial charge in [0.1, 0.15) is 5.01 Å². The van der Waals surface area contributed by atoms with Crippen molar-refractivity contribution in [3.63, 3.8) is 0 Å². The zero-order valence-electron chi connectivity index (χ0n) is 10.3. The fraction of sp³-hybridized carbons (Fsp3) is 0.636. The van der Waals surface area contributed by atoms with E-state index in [1.54, 1.807) is 18.4 Å². The third kappa shape index (κ3) is 5.95. The highest BCUT2D eigenvalue weighted by molar-refractivity contribution is 7.80. The van der Waals surface area contributed by atoms with Crippen molar-refractivity contribution in [1.82, 2.24) is 15.6 Å². The summed E-state index contributed by atoms with van der Waals surface area (Å²) in [7, 11) is 1.70. The molecule has 0 fully saturated rings. The first kappa shape index (κ1) is 14.3. The van der Waals surface area contributed by atoms with Crippen LogP contribution in [0.4, 0.5) is 0 Å². The molecule has 0 saturated carbocycles. The van der Waals surface area contributed by atoms with Crippen molar-refractivity contribution in [3.05, 3.63) is 16.1 Å². The summed E-state index contributed by atoms with van der Waals surface area (Å²) >= 11 is 6.88. The van der Waals surface area contributed by atoms with Gasteiger partial charge in [-0.15, -0.1) is 11.3 Å². The van der Waals surface area contributed by atoms with Gasteiger partial charge in [0.15, 0.2) is 5.11 Å². The molecule has 0 saturated heterocycles. The zero-order valence-corrected chi connectivity index (χ0v) is 11.9. The lowest BCUT2D eigenvalue weighted by Crippen LogP contribution is -2.35. The first-order valence-electron chi connectivity index (χ1n) is 5.70. The molecule has 1 rings (SSSR count). The maximum Gasteiger partial charge on any atom is 0.166 e. The molecule has 0 spiro atoms. The Bertz CT molecular complexity index is 341. The van der Waals surface area contributed by atoms with Gasteiger partial charge < -0.3 is 15.4 Å². The van der Waals surface area contributed by atoms with E-state index in [4.69, 9.17) is 17.0 Å². The molecule has 0 amide bonds. The summed E-state index contributed by atoms with van der Waals surface area (Å²) in [5.41, 5.74) is 0. The fourth-order valence-corrected chi connectivity index (χ4v) is 2.21. The third-order valence-corrected chi connectivity index (χ3v) is 3.59. The van der Waals surface area contributed by atoms with Crippen LogP contribution >= 0.6 is 23.6 Å². The summed E-state index contributed by atoms with van der Waals surface area (Å²) < 4.78 is 4.96. The van der Waals surface area contributed by atoms with Crippen molar-refractivity contribution < 1.29 is 4.74 Å². The molecule has 0 aliphatic heterocycles. The van der Waals surface area contributed by atoms with E-state index < -0.39 is 0 Å². The van der Waals surface area contributed by atoms with E-state index in [0.29, 0.717) is 11.7 Å². The summed E-state index contributed by atoms with van der Waals surface area (Å²) in [5, 5.41) is 8.01. The minimum Gasteiger partial charge on any atom is -0.385 e. The molecular formula is C11H19N3OS2. The van der Waals surface area contributed by atoms with Crippen LogP contribution in [0.1, 0.15) is 23.2 Å². The van der Waals surface area contributed by atoms with Crippen LogP contribution in [0, 0.1) is 0 Å². The van der Waals surface area contributed by atoms with Crippen molar-refractivity contribution in [2.75, 3.05) is 20.3 Å². The fourth-order valence-electron chi connectivity index (χ4n) is 1.23. The Kier molecular flexibility index (Phi) is 7.07. The van der Waals surface area contributed by atoms with E-state index in [9.17, 15) is 0 Å². The van der Waals surface area contributed by atoms with Crippen molar-refractivity contribution in [3.8, 4) is 0 Å². The number of nitrogens with one attached hydrogen (secondary N) is 2. The van der Waals surface area contributed by atoms with Gasteiger partial charge in [-0.25, -0.2) is 4.98 Å². The lowest BCUT2D eigenvalue weighted by Gasteiger charge is -2.08. The number of ether oxygens (including phenoxy) is 1. The molecule has 0 unspecified atom stereocenters. The summed E-state index contributed by atoms with van der Waals surface area (Å²) in [5.74, 6) is 0. The van der Waals surface area contributed by atoms with E-state index in [0.717, 1.165) is 31.0 Å². The molecule has 17 heavy (non-hydrogen) atoms. The van der Waals surface area contributed by atoms with Crippen LogP contribution in [0.5, 0.6) is 0 Å². The Balaban J connectivity index is 2.14. The van der Waals surface area contributed by atoms with Crippen LogP contribution in [0.3, 0.4) is 0 Å². The Morgan fingerprint density at radius 3 is 3.00 bits per heavy atom. The number of nitrogens with zero attached hydrogens (tertiary/aromatic N) is 1. The van der Waals surface area contributed by atoms with Crippen LogP contribution in [0.2, 0.25) is 0 Å². The maximum absolute atomic E-state index is 5.15. The molecule has 6 heteroatoms. The summed E-state index contributed by atoms with van der Waals surface area (Å²) in [6, 6.07) is 0. The minimum absolute atomic E-state index is 0.675. The predicted molar refractivity (Wildman–Crippen MR) is 75.4 cm³/mol. The molecule has 0 bridgehead atoms. The van der Waals surface area contributed by atoms with Gasteiger partial charge in [-0.2, -0.15) is 0 Å². The van der Waals surface area contributed by atoms with Gasteiger partial charge >= 0.3 is 0 Å². The first-order chi connectivity index (χ1) is 8.26. The average molecular weight is 273 g/mol. The van der Waals surface area contributed by atoms with E-state index >= 15 is 0 Å². The van der Waals surface area contributed by atoms with Gasteiger partial charge in [0, 0.05) is 31.3 Å². The quantitative estimate of drug-likeness (QED) is 0.585. The lowest BCUT2D eigenvalue weighted by molar-refractivity contribution is 0.195. The first-order valence-corrected chi connectivity index (χ1v) is 6.93. The van der Waals surface area contributed by atoms with Gasteiger partial charge in [0.05, 0.1) is 6.54 Å². The number of rotatable bonds is 7. The Morgan fingerprint density at radius 2 is 2.35 bits per heavy atom. The number of hydrogen-bond donors (Lipinski definition) is 2. The lowest BCUT2D eigenvalue weighted by atomic mass is 10.4. The number of methoxy groups -OCH3 is 1. The smallest absolute Gasteiger partial charge is 0.166 e. The third-order valence-electron chi connectivity index (χ3n) is 2.16. The number of thiocarbonyl (C=S) groups is 1. The molecule has 0 aromatic carbocycles. The highest BCUT2D eigenvalue weighted by Gasteiger charge is 2.01. The van der Waals surface area contributed by atoms with Crippen molar-refractivity contribution in [2.24, 2.45) is 0 Å². The molecule has 1 aromatic rings. The topological polar surface area (TPSA) is 46.2 Å². The molecule has 96 valence electrons. The van der Waals surface area contributed by atoms with Crippen LogP contribution in [0.15, 0.2) is 6.20 Å². The summed E-state index contributed by atoms with van der Waals surface area (Å²) in [6.07, 6.45) is 3.92. The minimum atomic E-state index is 0.675. The normalized spacial score (nSPS) is 10.2. The second-order valence-corrected chi connectivity index (χ2v) is 5.14. The predicted octanol–water partition coefficient (Wildman–Crippen LogP) is 1.71. The van der Waals surface area contributed by atoms with Crippen molar-refractivity contribution in [2.45, 2.75) is 26.3 Å². The number of aromatic nitrogens is 1. The number of thiazole rings is 1. The van der Waals surface area contributed by atoms with Crippen molar-refractivity contribution in [1.29, 1.82) is 0 Å². The van der Waals surface area contributed by atoms with E-state index in [-0.39, 0.29) is 0 Å². The Morgan fingerprint density at radius 1 is 1.53 bits per heavy atom. The highest BCUT2D eigenvalue weighted by atomic mass is 32.1. The molecule has 1 heterocycles. The second-order valence-electron chi connectivity index (χ2n) is 3.53. The molecule has 0 aliphatic rings. The summed E-state index contributed by atoms with van der Waals surface area (Å²) in [4.78, 5) is 5.62. The van der Waals surface area contributed by atoms with E-state index in [1.807, 2.05) is 6.20 Å². The zero-order chi connectivity index (χ0) is 12.5. The molecule has 0 atom stereocenters. The standard InChI is InChI=1S/C11H19N3OS2/c1-3-9-7-13-10(17-9)8-14-11(16)12-5-4-6-15-2/h7H,3-6,8H2,1-2H3,(H2,12,14,16).